The standard InChI is InChI=1S/C20H31N3S/c1-4-6-17(19-8-7-15(3)14-22-19)13-18(5-2)23-20(24)16-9-11-21-12-10-16/h4,6,13,15-16,21H,1,5,7-12,14H2,2-3H3,(H,23,24)/b17-6+,18-13+. The van der Waals surface area contributed by atoms with Crippen molar-refractivity contribution in [1.82, 2.24) is 10.6 Å². The van der Waals surface area contributed by atoms with Crippen molar-refractivity contribution in [2.24, 2.45) is 16.8 Å². The highest BCUT2D eigenvalue weighted by Crippen LogP contribution is 2.20. The molecule has 2 rings (SSSR count). The van der Waals surface area contributed by atoms with E-state index in [1.807, 2.05) is 6.08 Å². The molecule has 0 aliphatic carbocycles. The number of aliphatic imine (C=N–C) groups is 1. The van der Waals surface area contributed by atoms with Crippen LogP contribution in [0.3, 0.4) is 0 Å². The Kier molecular flexibility index (Phi) is 7.86. The quantitative estimate of drug-likeness (QED) is 0.560. The van der Waals surface area contributed by atoms with Crippen molar-refractivity contribution in [1.29, 1.82) is 0 Å². The van der Waals surface area contributed by atoms with Gasteiger partial charge in [-0.15, -0.1) is 0 Å². The maximum absolute atomic E-state index is 5.66. The zero-order valence-electron chi connectivity index (χ0n) is 15.1. The largest absolute Gasteiger partial charge is 0.353 e. The molecule has 0 aromatic carbocycles. The van der Waals surface area contributed by atoms with Gasteiger partial charge in [0.25, 0.3) is 0 Å². The van der Waals surface area contributed by atoms with Crippen LogP contribution in [0.25, 0.3) is 0 Å². The summed E-state index contributed by atoms with van der Waals surface area (Å²) in [6.07, 6.45) is 11.6. The molecule has 2 heterocycles. The van der Waals surface area contributed by atoms with Crippen molar-refractivity contribution < 1.29 is 0 Å². The van der Waals surface area contributed by atoms with Crippen LogP contribution in [-0.2, 0) is 0 Å². The van der Waals surface area contributed by atoms with Crippen LogP contribution >= 0.6 is 12.2 Å². The Balaban J connectivity index is 2.09. The second kappa shape index (κ2) is 9.90. The topological polar surface area (TPSA) is 36.4 Å². The van der Waals surface area contributed by atoms with Crippen molar-refractivity contribution in [2.75, 3.05) is 19.6 Å². The molecular formula is C20H31N3S. The SMILES string of the molecule is C=C/C=C(\C=C(/CC)NC(=S)C1CCNCC1)C1=NCC(C)CC1. The lowest BCUT2D eigenvalue weighted by Gasteiger charge is -2.25. The normalized spacial score (nSPS) is 23.6. The van der Waals surface area contributed by atoms with E-state index in [9.17, 15) is 0 Å². The van der Waals surface area contributed by atoms with Crippen LogP contribution in [0.2, 0.25) is 0 Å². The predicted molar refractivity (Wildman–Crippen MR) is 109 cm³/mol. The van der Waals surface area contributed by atoms with Crippen molar-refractivity contribution >= 4 is 22.9 Å². The molecule has 132 valence electrons. The van der Waals surface area contributed by atoms with Gasteiger partial charge in [-0.3, -0.25) is 4.99 Å². The van der Waals surface area contributed by atoms with Crippen LogP contribution in [0, 0.1) is 11.8 Å². The lowest BCUT2D eigenvalue weighted by Crippen LogP contribution is -2.36. The van der Waals surface area contributed by atoms with Crippen molar-refractivity contribution in [3.05, 3.63) is 36.1 Å². The molecule has 24 heavy (non-hydrogen) atoms. The molecular weight excluding hydrogens is 314 g/mol. The van der Waals surface area contributed by atoms with Crippen molar-refractivity contribution in [3.63, 3.8) is 0 Å². The van der Waals surface area contributed by atoms with Gasteiger partial charge in [-0.1, -0.05) is 44.8 Å². The Bertz CT molecular complexity index is 539. The number of piperidine rings is 1. The molecule has 0 bridgehead atoms. The molecule has 0 saturated carbocycles. The molecule has 3 nitrogen and oxygen atoms in total. The second-order valence-electron chi connectivity index (χ2n) is 6.83. The molecule has 0 amide bonds. The lowest BCUT2D eigenvalue weighted by atomic mass is 9.94. The van der Waals surface area contributed by atoms with E-state index in [1.165, 1.54) is 23.4 Å². The summed E-state index contributed by atoms with van der Waals surface area (Å²) in [6, 6.07) is 0. The summed E-state index contributed by atoms with van der Waals surface area (Å²) >= 11 is 5.66. The third-order valence-corrected chi connectivity index (χ3v) is 5.24. The van der Waals surface area contributed by atoms with Crippen LogP contribution < -0.4 is 10.6 Å². The first-order chi connectivity index (χ1) is 11.6. The highest BCUT2D eigenvalue weighted by molar-refractivity contribution is 7.80. The first-order valence-electron chi connectivity index (χ1n) is 9.22. The van der Waals surface area contributed by atoms with Gasteiger partial charge >= 0.3 is 0 Å². The third kappa shape index (κ3) is 5.67. The molecule has 2 aliphatic heterocycles. The van der Waals surface area contributed by atoms with E-state index in [0.717, 1.165) is 50.3 Å². The summed E-state index contributed by atoms with van der Waals surface area (Å²) in [4.78, 5) is 5.76. The Morgan fingerprint density at radius 3 is 2.71 bits per heavy atom. The molecule has 1 fully saturated rings. The van der Waals surface area contributed by atoms with E-state index in [-0.39, 0.29) is 0 Å². The van der Waals surface area contributed by atoms with E-state index >= 15 is 0 Å². The number of thiocarbonyl (C=S) groups is 1. The summed E-state index contributed by atoms with van der Waals surface area (Å²) < 4.78 is 0. The van der Waals surface area contributed by atoms with Crippen LogP contribution in [-0.4, -0.2) is 30.3 Å². The molecule has 0 aromatic heterocycles. The number of nitrogens with zero attached hydrogens (tertiary/aromatic N) is 1. The van der Waals surface area contributed by atoms with E-state index in [2.05, 4.69) is 43.2 Å². The van der Waals surface area contributed by atoms with E-state index in [0.29, 0.717) is 11.8 Å². The number of allylic oxidation sites excluding steroid dienone is 5. The fourth-order valence-corrected chi connectivity index (χ4v) is 3.54. The van der Waals surface area contributed by atoms with Crippen LogP contribution in [0.5, 0.6) is 0 Å². The fourth-order valence-electron chi connectivity index (χ4n) is 3.17. The first kappa shape index (κ1) is 19.1. The van der Waals surface area contributed by atoms with Crippen LogP contribution in [0.4, 0.5) is 0 Å². The first-order valence-corrected chi connectivity index (χ1v) is 9.63. The number of rotatable bonds is 6. The summed E-state index contributed by atoms with van der Waals surface area (Å²) in [6.45, 7) is 11.4. The zero-order valence-corrected chi connectivity index (χ0v) is 15.9. The second-order valence-corrected chi connectivity index (χ2v) is 7.27. The molecule has 1 unspecified atom stereocenters. The van der Waals surface area contributed by atoms with Gasteiger partial charge in [0.15, 0.2) is 0 Å². The summed E-state index contributed by atoms with van der Waals surface area (Å²) in [5, 5.41) is 6.90. The highest BCUT2D eigenvalue weighted by Gasteiger charge is 2.18. The van der Waals surface area contributed by atoms with E-state index in [4.69, 9.17) is 17.2 Å². The maximum Gasteiger partial charge on any atom is 0.0827 e. The van der Waals surface area contributed by atoms with Gasteiger partial charge in [0, 0.05) is 23.9 Å². The minimum atomic E-state index is 0.496. The van der Waals surface area contributed by atoms with Gasteiger partial charge in [0.05, 0.1) is 4.99 Å². The summed E-state index contributed by atoms with van der Waals surface area (Å²) in [5.41, 5.74) is 3.55. The Morgan fingerprint density at radius 2 is 2.12 bits per heavy atom. The molecule has 1 saturated heterocycles. The number of nitrogens with one attached hydrogen (secondary N) is 2. The average molecular weight is 346 g/mol. The monoisotopic (exact) mass is 345 g/mol. The number of hydrogen-bond acceptors (Lipinski definition) is 3. The number of hydrogen-bond donors (Lipinski definition) is 2. The minimum Gasteiger partial charge on any atom is -0.353 e. The van der Waals surface area contributed by atoms with Crippen LogP contribution in [0.15, 0.2) is 41.1 Å². The molecule has 1 atom stereocenters. The van der Waals surface area contributed by atoms with Gasteiger partial charge in [-0.2, -0.15) is 0 Å². The molecule has 2 N–H and O–H groups in total. The van der Waals surface area contributed by atoms with E-state index < -0.39 is 0 Å². The minimum absolute atomic E-state index is 0.496. The highest BCUT2D eigenvalue weighted by atomic mass is 32.1. The van der Waals surface area contributed by atoms with Crippen LogP contribution in [0.1, 0.15) is 46.0 Å². The van der Waals surface area contributed by atoms with Gasteiger partial charge in [0.2, 0.25) is 0 Å². The van der Waals surface area contributed by atoms with E-state index in [1.54, 1.807) is 0 Å². The van der Waals surface area contributed by atoms with Gasteiger partial charge in [-0.05, 0) is 62.8 Å². The Labute approximate surface area is 152 Å². The summed E-state index contributed by atoms with van der Waals surface area (Å²) in [5.74, 6) is 1.19. The maximum atomic E-state index is 5.66. The lowest BCUT2D eigenvalue weighted by molar-refractivity contribution is 0.454. The van der Waals surface area contributed by atoms with Gasteiger partial charge in [-0.25, -0.2) is 0 Å². The Morgan fingerprint density at radius 1 is 1.38 bits per heavy atom. The van der Waals surface area contributed by atoms with Crippen molar-refractivity contribution in [3.8, 4) is 0 Å². The van der Waals surface area contributed by atoms with Gasteiger partial charge in [0.1, 0.15) is 0 Å². The molecule has 0 aromatic rings. The smallest absolute Gasteiger partial charge is 0.0827 e. The van der Waals surface area contributed by atoms with Gasteiger partial charge < -0.3 is 10.6 Å². The molecule has 0 spiro atoms. The molecule has 2 aliphatic rings. The average Bonchev–Trinajstić information content (AvgIpc) is 2.62. The molecule has 4 heteroatoms. The molecule has 0 radical (unpaired) electrons. The Hall–Kier alpha value is -1.26. The summed E-state index contributed by atoms with van der Waals surface area (Å²) in [7, 11) is 0. The predicted octanol–water partition coefficient (Wildman–Crippen LogP) is 4.18. The fraction of sp³-hybridized carbons (Fsp3) is 0.600. The van der Waals surface area contributed by atoms with Crippen molar-refractivity contribution in [2.45, 2.75) is 46.0 Å². The third-order valence-electron chi connectivity index (χ3n) is 4.80. The zero-order chi connectivity index (χ0) is 17.4.